The minimum Gasteiger partial charge on any atom is -0.465 e. The van der Waals surface area contributed by atoms with Crippen LogP contribution in [0.4, 0.5) is 0 Å². The summed E-state index contributed by atoms with van der Waals surface area (Å²) in [6.07, 6.45) is 0.640. The number of benzene rings is 2. The zero-order valence-corrected chi connectivity index (χ0v) is 21.7. The molecule has 0 amide bonds. The summed E-state index contributed by atoms with van der Waals surface area (Å²) in [7, 11) is -2.70. The second kappa shape index (κ2) is 15.4. The van der Waals surface area contributed by atoms with E-state index >= 15 is 0 Å². The van der Waals surface area contributed by atoms with Gasteiger partial charge in [0.25, 0.3) is 0 Å². The van der Waals surface area contributed by atoms with Crippen molar-refractivity contribution in [3.8, 4) is 0 Å². The third kappa shape index (κ3) is 10.2. The molecule has 1 radical (unpaired) electrons. The Hall–Kier alpha value is -1.37. The fourth-order valence-electron chi connectivity index (χ4n) is 2.93. The third-order valence-electron chi connectivity index (χ3n) is 4.32. The largest absolute Gasteiger partial charge is 0.465 e. The minimum atomic E-state index is -2.70. The van der Waals surface area contributed by atoms with Crippen molar-refractivity contribution in [3.63, 3.8) is 0 Å². The summed E-state index contributed by atoms with van der Waals surface area (Å²) in [6.45, 7) is 3.88. The number of esters is 2. The van der Waals surface area contributed by atoms with Gasteiger partial charge in [-0.15, -0.1) is 0 Å². The van der Waals surface area contributed by atoms with Crippen LogP contribution in [0.1, 0.15) is 25.0 Å². The molecule has 2 atom stereocenters. The van der Waals surface area contributed by atoms with E-state index in [4.69, 9.17) is 9.47 Å². The summed E-state index contributed by atoms with van der Waals surface area (Å²) in [5.41, 5.74) is 1.81. The van der Waals surface area contributed by atoms with Crippen molar-refractivity contribution in [2.24, 2.45) is 0 Å². The SMILES string of the molecule is CCOC(=O)C(Cc1ccccc1)N[PH](=O)NC(Cc1ccccc1)C(=O)OCC.[Y]. The Kier molecular flexibility index (Phi) is 13.8. The van der Waals surface area contributed by atoms with Gasteiger partial charge in [0, 0.05) is 32.7 Å². The molecule has 31 heavy (non-hydrogen) atoms. The van der Waals surface area contributed by atoms with Crippen LogP contribution in [-0.4, -0.2) is 37.2 Å². The van der Waals surface area contributed by atoms with Gasteiger partial charge in [-0.2, -0.15) is 0 Å². The first-order valence-corrected chi connectivity index (χ1v) is 11.4. The van der Waals surface area contributed by atoms with Gasteiger partial charge < -0.3 is 9.47 Å². The summed E-state index contributed by atoms with van der Waals surface area (Å²) in [6, 6.07) is 17.2. The Morgan fingerprint density at radius 3 is 1.45 bits per heavy atom. The number of carbonyl (C=O) groups is 2. The summed E-state index contributed by atoms with van der Waals surface area (Å²) >= 11 is 0. The maximum atomic E-state index is 12.8. The molecule has 2 aromatic rings. The zero-order valence-electron chi connectivity index (χ0n) is 17.9. The number of nitrogens with one attached hydrogen (secondary N) is 2. The molecule has 0 heterocycles. The molecule has 2 aromatic carbocycles. The topological polar surface area (TPSA) is 93.7 Å². The van der Waals surface area contributed by atoms with Crippen molar-refractivity contribution < 1.29 is 56.3 Å². The van der Waals surface area contributed by atoms with Crippen molar-refractivity contribution >= 4 is 20.0 Å². The number of carbonyl (C=O) groups excluding carboxylic acids is 2. The van der Waals surface area contributed by atoms with Crippen LogP contribution in [0.3, 0.4) is 0 Å². The van der Waals surface area contributed by atoms with Gasteiger partial charge in [-0.3, -0.25) is 14.2 Å². The molecule has 0 saturated heterocycles. The van der Waals surface area contributed by atoms with E-state index in [2.05, 4.69) is 10.2 Å². The molecule has 9 heteroatoms. The molecule has 2 unspecified atom stereocenters. The standard InChI is InChI=1S/C22H29N2O5P.Y/c1-3-28-21(25)19(15-17-11-7-5-8-12-17)23-30(27)24-20(22(26)29-4-2)16-18-13-9-6-10-14-18;/h5-14,19-20,30H,3-4,15-16H2,1-2H3,(H2,23,24,27);. The van der Waals surface area contributed by atoms with Gasteiger partial charge in [0.2, 0.25) is 8.10 Å². The first-order chi connectivity index (χ1) is 14.5. The number of rotatable bonds is 12. The van der Waals surface area contributed by atoms with Crippen LogP contribution in [0.2, 0.25) is 0 Å². The zero-order chi connectivity index (χ0) is 21.8. The number of ether oxygens (including phenoxy) is 2. The van der Waals surface area contributed by atoms with E-state index in [1.165, 1.54) is 0 Å². The van der Waals surface area contributed by atoms with Crippen molar-refractivity contribution in [2.45, 2.75) is 38.8 Å². The van der Waals surface area contributed by atoms with Crippen LogP contribution in [0.5, 0.6) is 0 Å². The van der Waals surface area contributed by atoms with Gasteiger partial charge >= 0.3 is 11.9 Å². The molecule has 0 spiro atoms. The molecule has 2 N–H and O–H groups in total. The van der Waals surface area contributed by atoms with E-state index in [1.807, 2.05) is 60.7 Å². The fourth-order valence-corrected chi connectivity index (χ4v) is 4.09. The Morgan fingerprint density at radius 2 is 1.13 bits per heavy atom. The van der Waals surface area contributed by atoms with Gasteiger partial charge in [-0.25, -0.2) is 10.2 Å². The first kappa shape index (κ1) is 27.7. The maximum absolute atomic E-state index is 12.8. The molecule has 0 aromatic heterocycles. The van der Waals surface area contributed by atoms with Gasteiger partial charge in [-0.1, -0.05) is 60.7 Å². The Balaban J connectivity index is 0.00000480. The minimum absolute atomic E-state index is 0. The molecule has 7 nitrogen and oxygen atoms in total. The van der Waals surface area contributed by atoms with E-state index in [1.54, 1.807) is 13.8 Å². The molecule has 0 saturated carbocycles. The van der Waals surface area contributed by atoms with Crippen LogP contribution in [0.15, 0.2) is 60.7 Å². The van der Waals surface area contributed by atoms with Crippen LogP contribution in [0, 0.1) is 0 Å². The smallest absolute Gasteiger partial charge is 0.323 e. The van der Waals surface area contributed by atoms with Crippen LogP contribution in [0.25, 0.3) is 0 Å². The van der Waals surface area contributed by atoms with E-state index in [-0.39, 0.29) is 45.9 Å². The molecule has 0 aliphatic heterocycles. The monoisotopic (exact) mass is 521 g/mol. The summed E-state index contributed by atoms with van der Waals surface area (Å²) in [5, 5.41) is 5.63. The first-order valence-electron chi connectivity index (χ1n) is 10.0. The van der Waals surface area contributed by atoms with E-state index in [9.17, 15) is 14.2 Å². The van der Waals surface area contributed by atoms with Crippen molar-refractivity contribution in [2.75, 3.05) is 13.2 Å². The van der Waals surface area contributed by atoms with E-state index in [0.29, 0.717) is 12.8 Å². The fraction of sp³-hybridized carbons (Fsp3) is 0.364. The summed E-state index contributed by atoms with van der Waals surface area (Å²) in [4.78, 5) is 24.7. The molecule has 2 rings (SSSR count). The van der Waals surface area contributed by atoms with Gasteiger partial charge in [0.05, 0.1) is 13.2 Å². The van der Waals surface area contributed by atoms with E-state index in [0.717, 1.165) is 11.1 Å². The quantitative estimate of drug-likeness (QED) is 0.328. The van der Waals surface area contributed by atoms with Gasteiger partial charge in [0.1, 0.15) is 12.1 Å². The van der Waals surface area contributed by atoms with Gasteiger partial charge in [-0.05, 0) is 37.8 Å². The molecule has 165 valence electrons. The normalized spacial score (nSPS) is 13.4. The van der Waals surface area contributed by atoms with Crippen molar-refractivity contribution in [1.82, 2.24) is 10.2 Å². The molecule has 0 aliphatic carbocycles. The molecule has 0 bridgehead atoms. The van der Waals surface area contributed by atoms with Crippen molar-refractivity contribution in [1.29, 1.82) is 0 Å². The molecular weight excluding hydrogens is 492 g/mol. The molecule has 0 aliphatic rings. The maximum Gasteiger partial charge on any atom is 0.323 e. The molecular formula is C22H29N2O5PY. The van der Waals surface area contributed by atoms with Crippen molar-refractivity contribution in [3.05, 3.63) is 71.8 Å². The Morgan fingerprint density at radius 1 is 0.774 bits per heavy atom. The van der Waals surface area contributed by atoms with Gasteiger partial charge in [0.15, 0.2) is 0 Å². The average molecular weight is 521 g/mol. The summed E-state index contributed by atoms with van der Waals surface area (Å²) < 4.78 is 23.0. The number of hydrogen-bond donors (Lipinski definition) is 2. The predicted molar refractivity (Wildman–Crippen MR) is 116 cm³/mol. The van der Waals surface area contributed by atoms with E-state index < -0.39 is 32.1 Å². The third-order valence-corrected chi connectivity index (χ3v) is 5.54. The second-order valence-electron chi connectivity index (χ2n) is 6.61. The van der Waals surface area contributed by atoms with Crippen LogP contribution < -0.4 is 10.2 Å². The van der Waals surface area contributed by atoms with Crippen LogP contribution in [-0.2, 0) is 69.2 Å². The predicted octanol–water partition coefficient (Wildman–Crippen LogP) is 2.90. The van der Waals surface area contributed by atoms with Crippen LogP contribution >= 0.6 is 8.10 Å². The molecule has 0 fully saturated rings. The Bertz CT molecular complexity index is 756. The average Bonchev–Trinajstić information content (AvgIpc) is 2.74. The summed E-state index contributed by atoms with van der Waals surface area (Å²) in [5.74, 6) is -0.977. The second-order valence-corrected chi connectivity index (χ2v) is 7.84. The number of hydrogen-bond acceptors (Lipinski definition) is 5. The Labute approximate surface area is 209 Å².